The molecule has 2 nitrogen and oxygen atoms in total. The molecule has 0 radical (unpaired) electrons. The lowest BCUT2D eigenvalue weighted by molar-refractivity contribution is 0.340. The van der Waals surface area contributed by atoms with Crippen LogP contribution in [0.5, 0.6) is 5.75 Å². The van der Waals surface area contributed by atoms with Crippen LogP contribution in [0.25, 0.3) is 0 Å². The van der Waals surface area contributed by atoms with Crippen molar-refractivity contribution in [1.82, 2.24) is 0 Å². The van der Waals surface area contributed by atoms with Gasteiger partial charge < -0.3 is 10.1 Å². The van der Waals surface area contributed by atoms with Crippen LogP contribution in [0.15, 0.2) is 42.5 Å². The summed E-state index contributed by atoms with van der Waals surface area (Å²) in [6, 6.07) is 12.1. The van der Waals surface area contributed by atoms with Crippen LogP contribution in [-0.2, 0) is 6.54 Å². The lowest BCUT2D eigenvalue weighted by atomic mass is 10.2. The number of halogens is 2. The van der Waals surface area contributed by atoms with Crippen molar-refractivity contribution in [3.05, 3.63) is 58.9 Å². The molecule has 0 fully saturated rings. The Morgan fingerprint density at radius 1 is 1.16 bits per heavy atom. The first-order chi connectivity index (χ1) is 9.19. The normalized spacial score (nSPS) is 10.3. The molecule has 0 aromatic heterocycles. The summed E-state index contributed by atoms with van der Waals surface area (Å²) in [5.74, 6) is 0.560. The standard InChI is InChI=1S/C15H15ClFNO/c1-2-19-14-6-4-13(5-7-14)18-10-11-9-12(16)3-8-15(11)17/h3-9,18H,2,10H2,1H3. The average molecular weight is 280 g/mol. The van der Waals surface area contributed by atoms with Gasteiger partial charge >= 0.3 is 0 Å². The monoisotopic (exact) mass is 279 g/mol. The predicted octanol–water partition coefficient (Wildman–Crippen LogP) is 4.49. The molecule has 2 aromatic carbocycles. The fraction of sp³-hybridized carbons (Fsp3) is 0.200. The molecule has 0 atom stereocenters. The molecule has 4 heteroatoms. The van der Waals surface area contributed by atoms with Gasteiger partial charge in [0.2, 0.25) is 0 Å². The van der Waals surface area contributed by atoms with E-state index in [0.29, 0.717) is 23.7 Å². The van der Waals surface area contributed by atoms with E-state index >= 15 is 0 Å². The zero-order chi connectivity index (χ0) is 13.7. The largest absolute Gasteiger partial charge is 0.494 e. The lowest BCUT2D eigenvalue weighted by Crippen LogP contribution is -2.01. The molecular formula is C15H15ClFNO. The molecule has 0 aliphatic heterocycles. The van der Waals surface area contributed by atoms with Gasteiger partial charge in [0.1, 0.15) is 11.6 Å². The summed E-state index contributed by atoms with van der Waals surface area (Å²) < 4.78 is 18.9. The SMILES string of the molecule is CCOc1ccc(NCc2cc(Cl)ccc2F)cc1. The summed E-state index contributed by atoms with van der Waals surface area (Å²) in [7, 11) is 0. The quantitative estimate of drug-likeness (QED) is 0.871. The van der Waals surface area contributed by atoms with Crippen LogP contribution in [0.3, 0.4) is 0 Å². The topological polar surface area (TPSA) is 21.3 Å². The van der Waals surface area contributed by atoms with Crippen molar-refractivity contribution in [2.24, 2.45) is 0 Å². The minimum absolute atomic E-state index is 0.261. The van der Waals surface area contributed by atoms with Crippen molar-refractivity contribution in [3.8, 4) is 5.75 Å². The Morgan fingerprint density at radius 3 is 2.58 bits per heavy atom. The summed E-state index contributed by atoms with van der Waals surface area (Å²) in [6.07, 6.45) is 0. The van der Waals surface area contributed by atoms with E-state index < -0.39 is 0 Å². The van der Waals surface area contributed by atoms with Gasteiger partial charge in [0, 0.05) is 22.8 Å². The maximum absolute atomic E-state index is 13.5. The number of hydrogen-bond acceptors (Lipinski definition) is 2. The van der Waals surface area contributed by atoms with Gasteiger partial charge in [0.15, 0.2) is 0 Å². The summed E-state index contributed by atoms with van der Waals surface area (Å²) in [6.45, 7) is 2.97. The first-order valence-electron chi connectivity index (χ1n) is 6.09. The molecule has 2 aromatic rings. The van der Waals surface area contributed by atoms with Gasteiger partial charge in [-0.1, -0.05) is 11.6 Å². The highest BCUT2D eigenvalue weighted by Crippen LogP contribution is 2.19. The maximum Gasteiger partial charge on any atom is 0.128 e. The fourth-order valence-electron chi connectivity index (χ4n) is 1.71. The summed E-state index contributed by atoms with van der Waals surface area (Å²) in [4.78, 5) is 0. The highest BCUT2D eigenvalue weighted by Gasteiger charge is 2.03. The summed E-state index contributed by atoms with van der Waals surface area (Å²) >= 11 is 5.84. The van der Waals surface area contributed by atoms with Crippen molar-refractivity contribution in [2.45, 2.75) is 13.5 Å². The van der Waals surface area contributed by atoms with E-state index in [9.17, 15) is 4.39 Å². The molecule has 0 saturated heterocycles. The van der Waals surface area contributed by atoms with Crippen molar-refractivity contribution in [1.29, 1.82) is 0 Å². The Hall–Kier alpha value is -1.74. The van der Waals surface area contributed by atoms with E-state index in [1.54, 1.807) is 6.07 Å². The molecule has 0 bridgehead atoms. The molecule has 0 aliphatic carbocycles. The number of rotatable bonds is 5. The fourth-order valence-corrected chi connectivity index (χ4v) is 1.91. The zero-order valence-electron chi connectivity index (χ0n) is 10.6. The molecule has 19 heavy (non-hydrogen) atoms. The Bertz CT molecular complexity index is 542. The molecule has 0 unspecified atom stereocenters. The number of nitrogens with one attached hydrogen (secondary N) is 1. The third-order valence-electron chi connectivity index (χ3n) is 2.66. The van der Waals surface area contributed by atoms with Crippen molar-refractivity contribution in [3.63, 3.8) is 0 Å². The zero-order valence-corrected chi connectivity index (χ0v) is 11.4. The molecular weight excluding hydrogens is 265 g/mol. The number of hydrogen-bond donors (Lipinski definition) is 1. The van der Waals surface area contributed by atoms with Gasteiger partial charge in [0.25, 0.3) is 0 Å². The first-order valence-corrected chi connectivity index (χ1v) is 6.47. The van der Waals surface area contributed by atoms with Crippen molar-refractivity contribution >= 4 is 17.3 Å². The second kappa shape index (κ2) is 6.43. The first kappa shape index (κ1) is 13.7. The number of ether oxygens (including phenoxy) is 1. The Balaban J connectivity index is 2.00. The van der Waals surface area contributed by atoms with Gasteiger partial charge in [-0.15, -0.1) is 0 Å². The third-order valence-corrected chi connectivity index (χ3v) is 2.89. The highest BCUT2D eigenvalue weighted by molar-refractivity contribution is 6.30. The van der Waals surface area contributed by atoms with Crippen LogP contribution in [0.1, 0.15) is 12.5 Å². The highest BCUT2D eigenvalue weighted by atomic mass is 35.5. The second-order valence-corrected chi connectivity index (χ2v) is 4.48. The van der Waals surface area contributed by atoms with E-state index in [2.05, 4.69) is 5.32 Å². The van der Waals surface area contributed by atoms with E-state index in [0.717, 1.165) is 11.4 Å². The molecule has 0 amide bonds. The predicted molar refractivity (Wildman–Crippen MR) is 76.3 cm³/mol. The van der Waals surface area contributed by atoms with Gasteiger partial charge in [-0.25, -0.2) is 4.39 Å². The molecule has 0 spiro atoms. The van der Waals surface area contributed by atoms with Gasteiger partial charge in [-0.3, -0.25) is 0 Å². The van der Waals surface area contributed by atoms with Crippen LogP contribution in [0.4, 0.5) is 10.1 Å². The lowest BCUT2D eigenvalue weighted by Gasteiger charge is -2.09. The maximum atomic E-state index is 13.5. The van der Waals surface area contributed by atoms with Crippen LogP contribution >= 0.6 is 11.6 Å². The smallest absolute Gasteiger partial charge is 0.128 e. The number of anilines is 1. The average Bonchev–Trinajstić information content (AvgIpc) is 2.42. The van der Waals surface area contributed by atoms with Crippen LogP contribution < -0.4 is 10.1 Å². The molecule has 2 rings (SSSR count). The van der Waals surface area contributed by atoms with Crippen LogP contribution in [0.2, 0.25) is 5.02 Å². The van der Waals surface area contributed by atoms with E-state index in [1.807, 2.05) is 31.2 Å². The molecule has 1 N–H and O–H groups in total. The minimum Gasteiger partial charge on any atom is -0.494 e. The van der Waals surface area contributed by atoms with E-state index in [1.165, 1.54) is 12.1 Å². The van der Waals surface area contributed by atoms with Gasteiger partial charge in [-0.05, 0) is 49.4 Å². The second-order valence-electron chi connectivity index (χ2n) is 4.05. The molecule has 0 heterocycles. The van der Waals surface area contributed by atoms with Crippen molar-refractivity contribution in [2.75, 3.05) is 11.9 Å². The van der Waals surface area contributed by atoms with Gasteiger partial charge in [0.05, 0.1) is 6.61 Å². The Labute approximate surface area is 117 Å². The van der Waals surface area contributed by atoms with Crippen LogP contribution in [-0.4, -0.2) is 6.61 Å². The molecule has 0 aliphatic rings. The molecule has 0 saturated carbocycles. The minimum atomic E-state index is -0.261. The third kappa shape index (κ3) is 3.86. The van der Waals surface area contributed by atoms with Crippen molar-refractivity contribution < 1.29 is 9.13 Å². The van der Waals surface area contributed by atoms with Crippen LogP contribution in [0, 0.1) is 5.82 Å². The Morgan fingerprint density at radius 2 is 1.89 bits per heavy atom. The molecule has 100 valence electrons. The van der Waals surface area contributed by atoms with Gasteiger partial charge in [-0.2, -0.15) is 0 Å². The van der Waals surface area contributed by atoms with E-state index in [4.69, 9.17) is 16.3 Å². The summed E-state index contributed by atoms with van der Waals surface area (Å²) in [5, 5.41) is 3.68. The Kier molecular flexibility index (Phi) is 4.63. The summed E-state index contributed by atoms with van der Waals surface area (Å²) in [5.41, 5.74) is 1.45. The number of benzene rings is 2. The van der Waals surface area contributed by atoms with E-state index in [-0.39, 0.29) is 5.82 Å².